The van der Waals surface area contributed by atoms with Crippen LogP contribution in [-0.2, 0) is 9.59 Å². The number of nitrogens with one attached hydrogen (secondary N) is 1. The van der Waals surface area contributed by atoms with Crippen molar-refractivity contribution in [3.05, 3.63) is 0 Å². The van der Waals surface area contributed by atoms with Gasteiger partial charge in [-0.15, -0.1) is 0 Å². The van der Waals surface area contributed by atoms with E-state index in [1.54, 1.807) is 0 Å². The lowest BCUT2D eigenvalue weighted by atomic mass is 9.91. The summed E-state index contributed by atoms with van der Waals surface area (Å²) in [5.74, 6) is -1.48. The van der Waals surface area contributed by atoms with Crippen LogP contribution in [0.3, 0.4) is 0 Å². The van der Waals surface area contributed by atoms with Gasteiger partial charge in [0, 0.05) is 12.5 Å². The maximum atomic E-state index is 11.0. The number of hydrogen-bond acceptors (Lipinski definition) is 2. The van der Waals surface area contributed by atoms with Crippen molar-refractivity contribution in [1.82, 2.24) is 5.32 Å². The monoisotopic (exact) mass is 171 g/mol. The third-order valence-electron chi connectivity index (χ3n) is 2.21. The highest BCUT2D eigenvalue weighted by atomic mass is 16.4. The van der Waals surface area contributed by atoms with Crippen molar-refractivity contribution in [2.75, 3.05) is 0 Å². The Labute approximate surface area is 71.0 Å². The first-order chi connectivity index (χ1) is 5.63. The summed E-state index contributed by atoms with van der Waals surface area (Å²) in [4.78, 5) is 21.6. The number of amides is 1. The molecule has 12 heavy (non-hydrogen) atoms. The van der Waals surface area contributed by atoms with Gasteiger partial charge < -0.3 is 10.4 Å². The Morgan fingerprint density at radius 3 is 2.92 bits per heavy atom. The van der Waals surface area contributed by atoms with Gasteiger partial charge in [-0.2, -0.15) is 0 Å². The lowest BCUT2D eigenvalue weighted by molar-refractivity contribution is -0.146. The van der Waals surface area contributed by atoms with E-state index in [1.165, 1.54) is 0 Å². The van der Waals surface area contributed by atoms with Crippen molar-refractivity contribution >= 4 is 11.9 Å². The second-order valence-electron chi connectivity index (χ2n) is 3.15. The Balaban J connectivity index is 2.56. The minimum absolute atomic E-state index is 0.0485. The van der Waals surface area contributed by atoms with Gasteiger partial charge in [-0.25, -0.2) is 0 Å². The number of aliphatic carboxylic acids is 1. The molecule has 2 N–H and O–H groups in total. The van der Waals surface area contributed by atoms with E-state index in [9.17, 15) is 9.59 Å². The van der Waals surface area contributed by atoms with Gasteiger partial charge in [-0.3, -0.25) is 9.59 Å². The van der Waals surface area contributed by atoms with Crippen LogP contribution in [0.25, 0.3) is 0 Å². The molecule has 1 aliphatic heterocycles. The van der Waals surface area contributed by atoms with Crippen LogP contribution in [0.1, 0.15) is 26.2 Å². The molecule has 1 fully saturated rings. The number of piperidine rings is 1. The number of carbonyl (C=O) groups is 2. The molecule has 68 valence electrons. The van der Waals surface area contributed by atoms with Gasteiger partial charge in [-0.05, 0) is 12.8 Å². The van der Waals surface area contributed by atoms with Gasteiger partial charge in [0.05, 0.1) is 5.92 Å². The molecule has 0 aliphatic carbocycles. The fourth-order valence-corrected chi connectivity index (χ4v) is 1.45. The van der Waals surface area contributed by atoms with Crippen LogP contribution in [0.5, 0.6) is 0 Å². The molecule has 0 radical (unpaired) electrons. The maximum absolute atomic E-state index is 11.0. The van der Waals surface area contributed by atoms with Crippen molar-refractivity contribution in [3.8, 4) is 0 Å². The molecule has 1 amide bonds. The fourth-order valence-electron chi connectivity index (χ4n) is 1.45. The predicted molar refractivity (Wildman–Crippen MR) is 42.6 cm³/mol. The zero-order valence-corrected chi connectivity index (χ0v) is 7.04. The molecule has 0 unspecified atom stereocenters. The van der Waals surface area contributed by atoms with Crippen molar-refractivity contribution in [3.63, 3.8) is 0 Å². The molecule has 0 aromatic rings. The third kappa shape index (κ3) is 1.96. The smallest absolute Gasteiger partial charge is 0.307 e. The summed E-state index contributed by atoms with van der Waals surface area (Å²) in [6.45, 7) is 1.94. The summed E-state index contributed by atoms with van der Waals surface area (Å²) in [5, 5.41) is 11.4. The molecule has 0 aromatic heterocycles. The topological polar surface area (TPSA) is 66.4 Å². The first-order valence-electron chi connectivity index (χ1n) is 4.15. The van der Waals surface area contributed by atoms with E-state index in [1.807, 2.05) is 6.92 Å². The van der Waals surface area contributed by atoms with Crippen molar-refractivity contribution in [1.29, 1.82) is 0 Å². The van der Waals surface area contributed by atoms with Crippen LogP contribution in [0, 0.1) is 5.92 Å². The number of rotatable bonds is 2. The molecule has 2 atom stereocenters. The summed E-state index contributed by atoms with van der Waals surface area (Å²) in [6.07, 6.45) is 1.50. The van der Waals surface area contributed by atoms with Crippen LogP contribution in [0.4, 0.5) is 0 Å². The van der Waals surface area contributed by atoms with Crippen LogP contribution in [0.15, 0.2) is 0 Å². The SMILES string of the molecule is CC[C@@H]1C[C@H](C(=O)O)CC(=O)N1. The van der Waals surface area contributed by atoms with Gasteiger partial charge in [0.15, 0.2) is 0 Å². The summed E-state index contributed by atoms with van der Waals surface area (Å²) < 4.78 is 0. The zero-order chi connectivity index (χ0) is 9.14. The average Bonchev–Trinajstić information content (AvgIpc) is 2.03. The van der Waals surface area contributed by atoms with E-state index in [2.05, 4.69) is 5.32 Å². The summed E-state index contributed by atoms with van der Waals surface area (Å²) >= 11 is 0. The molecular formula is C8H13NO3. The maximum Gasteiger partial charge on any atom is 0.307 e. The fraction of sp³-hybridized carbons (Fsp3) is 0.750. The van der Waals surface area contributed by atoms with E-state index in [-0.39, 0.29) is 18.4 Å². The number of carboxylic acid groups (broad SMARTS) is 1. The van der Waals surface area contributed by atoms with Gasteiger partial charge in [0.2, 0.25) is 5.91 Å². The summed E-state index contributed by atoms with van der Waals surface area (Å²) in [5.41, 5.74) is 0. The van der Waals surface area contributed by atoms with Crippen LogP contribution in [0.2, 0.25) is 0 Å². The largest absolute Gasteiger partial charge is 0.481 e. The van der Waals surface area contributed by atoms with E-state index >= 15 is 0 Å². The Morgan fingerprint density at radius 2 is 2.42 bits per heavy atom. The zero-order valence-electron chi connectivity index (χ0n) is 7.04. The molecule has 0 saturated carbocycles. The molecule has 0 bridgehead atoms. The van der Waals surface area contributed by atoms with Crippen LogP contribution >= 0.6 is 0 Å². The highest BCUT2D eigenvalue weighted by molar-refractivity contribution is 5.83. The lowest BCUT2D eigenvalue weighted by Crippen LogP contribution is -2.43. The minimum Gasteiger partial charge on any atom is -0.481 e. The molecule has 1 saturated heterocycles. The molecule has 1 heterocycles. The van der Waals surface area contributed by atoms with E-state index in [0.717, 1.165) is 6.42 Å². The van der Waals surface area contributed by atoms with Gasteiger partial charge in [-0.1, -0.05) is 6.92 Å². The standard InChI is InChI=1S/C8H13NO3/c1-2-6-3-5(8(11)12)4-7(10)9-6/h5-6H,2-4H2,1H3,(H,9,10)(H,11,12)/t5-,6+/m0/s1. The Bertz CT molecular complexity index is 202. The predicted octanol–water partition coefficient (Wildman–Crippen LogP) is 0.376. The first kappa shape index (κ1) is 9.03. The van der Waals surface area contributed by atoms with E-state index in [0.29, 0.717) is 6.42 Å². The third-order valence-corrected chi connectivity index (χ3v) is 2.21. The van der Waals surface area contributed by atoms with Crippen molar-refractivity contribution < 1.29 is 14.7 Å². The Hall–Kier alpha value is -1.06. The van der Waals surface area contributed by atoms with E-state index < -0.39 is 11.9 Å². The molecule has 1 rings (SSSR count). The van der Waals surface area contributed by atoms with Crippen LogP contribution in [-0.4, -0.2) is 23.0 Å². The Kier molecular flexibility index (Phi) is 2.68. The molecule has 1 aliphatic rings. The molecule has 4 nitrogen and oxygen atoms in total. The lowest BCUT2D eigenvalue weighted by Gasteiger charge is -2.26. The first-order valence-corrected chi connectivity index (χ1v) is 4.15. The number of carboxylic acids is 1. The highest BCUT2D eigenvalue weighted by Crippen LogP contribution is 2.18. The van der Waals surface area contributed by atoms with Crippen molar-refractivity contribution in [2.45, 2.75) is 32.2 Å². The summed E-state index contributed by atoms with van der Waals surface area (Å²) in [6, 6.07) is 0.0485. The molecule has 0 aromatic carbocycles. The number of hydrogen-bond donors (Lipinski definition) is 2. The number of carbonyl (C=O) groups excluding carboxylic acids is 1. The Morgan fingerprint density at radius 1 is 1.75 bits per heavy atom. The summed E-state index contributed by atoms with van der Waals surface area (Å²) in [7, 11) is 0. The average molecular weight is 171 g/mol. The molecule has 4 heteroatoms. The van der Waals surface area contributed by atoms with Gasteiger partial charge in [0.1, 0.15) is 0 Å². The normalized spacial score (nSPS) is 29.6. The van der Waals surface area contributed by atoms with Gasteiger partial charge >= 0.3 is 5.97 Å². The van der Waals surface area contributed by atoms with E-state index in [4.69, 9.17) is 5.11 Å². The second kappa shape index (κ2) is 3.56. The molecule has 0 spiro atoms. The van der Waals surface area contributed by atoms with Crippen LogP contribution < -0.4 is 5.32 Å². The molecular weight excluding hydrogens is 158 g/mol. The second-order valence-corrected chi connectivity index (χ2v) is 3.15. The quantitative estimate of drug-likeness (QED) is 0.631. The minimum atomic E-state index is -0.858. The van der Waals surface area contributed by atoms with Gasteiger partial charge in [0.25, 0.3) is 0 Å². The highest BCUT2D eigenvalue weighted by Gasteiger charge is 2.29. The van der Waals surface area contributed by atoms with Crippen molar-refractivity contribution in [2.24, 2.45) is 5.92 Å².